The molecular weight excluding hydrogens is 1060 g/mol. The smallest absolute Gasteiger partial charge is 0.269 e. The van der Waals surface area contributed by atoms with Crippen molar-refractivity contribution in [2.24, 2.45) is 0 Å². The van der Waals surface area contributed by atoms with Crippen molar-refractivity contribution in [3.63, 3.8) is 0 Å². The molecule has 72 heavy (non-hydrogen) atoms. The minimum Gasteiger partial charge on any atom is -0.522 e. The average Bonchev–Trinajstić information content (AvgIpc) is 4.01. The predicted molar refractivity (Wildman–Crippen MR) is 290 cm³/mol. The van der Waals surface area contributed by atoms with E-state index < -0.39 is 18.1 Å². The fraction of sp³-hybridized carbons (Fsp3) is 0.185. The Kier molecular flexibility index (Phi) is 11.0. The summed E-state index contributed by atoms with van der Waals surface area (Å²) in [5.74, 6) is 2.04. The van der Waals surface area contributed by atoms with Crippen LogP contribution in [0.2, 0.25) is 0 Å². The van der Waals surface area contributed by atoms with E-state index >= 15 is 0 Å². The van der Waals surface area contributed by atoms with Crippen molar-refractivity contribution >= 4 is 32.8 Å². The van der Waals surface area contributed by atoms with E-state index in [-0.39, 0.29) is 55.0 Å². The van der Waals surface area contributed by atoms with Crippen molar-refractivity contribution in [3.05, 3.63) is 217 Å². The monoisotopic (exact) mass is 1120 g/mol. The van der Waals surface area contributed by atoms with Gasteiger partial charge in [-0.25, -0.2) is 4.98 Å². The molecule has 4 aromatic heterocycles. The largest absolute Gasteiger partial charge is 0.522 e. The molecule has 4 heterocycles. The maximum absolute atomic E-state index is 9.22. The van der Waals surface area contributed by atoms with Crippen LogP contribution in [0, 0.1) is 18.5 Å². The molecule has 0 saturated carbocycles. The van der Waals surface area contributed by atoms with Gasteiger partial charge in [0.25, 0.3) is 6.33 Å². The number of nitrogens with zero attached hydrogens (tertiary/aromatic N) is 5. The summed E-state index contributed by atoms with van der Waals surface area (Å²) < 4.78 is 57.0. The van der Waals surface area contributed by atoms with E-state index in [1.165, 1.54) is 0 Å². The standard InChI is InChI=1S/C65H57N5O.Pt/c1-63(2,3)47-31-33-67-61(39-47)70-56-30-27-45(43-19-12-10-13-20-43)37-55(56)54-29-28-50(40-59(54)70)71-51-32-34-66-60(41-51)68-42-69(58-26-17-16-25-57(58)68)62-52(44-21-14-11-15-22-44)23-18-24-53(62)46-35-48(64(4,5)6)38-49(36-46)65(7,8)9;/h10-39H,1-9H3;/q-2;/i11D,14D,15D,21D,22D;. The minimum absolute atomic E-state index is 0. The fourth-order valence-electron chi connectivity index (χ4n) is 9.33. The summed E-state index contributed by atoms with van der Waals surface area (Å²) in [4.78, 5) is 9.74. The second-order valence-corrected chi connectivity index (χ2v) is 21.3. The van der Waals surface area contributed by atoms with Gasteiger partial charge in [0.15, 0.2) is 0 Å². The van der Waals surface area contributed by atoms with Crippen molar-refractivity contribution in [2.45, 2.75) is 78.6 Å². The van der Waals surface area contributed by atoms with Crippen molar-refractivity contribution in [1.29, 1.82) is 0 Å². The van der Waals surface area contributed by atoms with Gasteiger partial charge in [0.1, 0.15) is 5.82 Å². The SMILES string of the molecule is [2H]c1c([2H])c([2H])c(-c2cccc(-c3cc(C(C)(C)C)cc(C(C)(C)C)c3)c2-[n+]2[c-]n(-c3[c-]c(Oc4[c-]c5c(cc4)c4cc(-c6ccccc6)ccc4n5-c4cc(C(C)(C)C)ccn4)ccn3)c3ccccc32)c([2H])c1[2H].[Pt]. The van der Waals surface area contributed by atoms with Gasteiger partial charge in [-0.1, -0.05) is 207 Å². The molecule has 7 aromatic carbocycles. The van der Waals surface area contributed by atoms with Crippen LogP contribution in [-0.4, -0.2) is 19.1 Å². The summed E-state index contributed by atoms with van der Waals surface area (Å²) >= 11 is 0. The number of rotatable bonds is 8. The molecule has 7 heteroatoms. The number of aromatic nitrogens is 5. The van der Waals surface area contributed by atoms with E-state index in [2.05, 4.69) is 164 Å². The Morgan fingerprint density at radius 2 is 1.19 bits per heavy atom. The van der Waals surface area contributed by atoms with Gasteiger partial charge in [0, 0.05) is 38.5 Å². The van der Waals surface area contributed by atoms with E-state index in [0.29, 0.717) is 28.6 Å². The van der Waals surface area contributed by atoms with E-state index in [4.69, 9.17) is 18.8 Å². The summed E-state index contributed by atoms with van der Waals surface area (Å²) in [6.07, 6.45) is 7.16. The third-order valence-electron chi connectivity index (χ3n) is 13.3. The van der Waals surface area contributed by atoms with Crippen molar-refractivity contribution in [3.8, 4) is 62.2 Å². The van der Waals surface area contributed by atoms with Crippen molar-refractivity contribution < 1.29 is 37.2 Å². The van der Waals surface area contributed by atoms with E-state index in [1.54, 1.807) is 12.3 Å². The summed E-state index contributed by atoms with van der Waals surface area (Å²) in [6.45, 7) is 19.8. The second kappa shape index (κ2) is 18.6. The van der Waals surface area contributed by atoms with Crippen LogP contribution >= 0.6 is 0 Å². The third-order valence-corrected chi connectivity index (χ3v) is 13.3. The van der Waals surface area contributed by atoms with Gasteiger partial charge in [0.05, 0.1) is 29.4 Å². The maximum atomic E-state index is 9.22. The third kappa shape index (κ3) is 9.10. The Bertz CT molecular complexity index is 4050. The molecule has 0 aliphatic carbocycles. The Labute approximate surface area is 444 Å². The Morgan fingerprint density at radius 1 is 0.528 bits per heavy atom. The number of imidazole rings is 1. The fourth-order valence-corrected chi connectivity index (χ4v) is 9.33. The first-order chi connectivity index (χ1) is 36.2. The van der Waals surface area contributed by atoms with E-state index in [9.17, 15) is 2.74 Å². The summed E-state index contributed by atoms with van der Waals surface area (Å²) in [5, 5.41) is 2.07. The zero-order chi connectivity index (χ0) is 53.6. The van der Waals surface area contributed by atoms with Gasteiger partial charge in [-0.2, -0.15) is 18.2 Å². The molecule has 0 spiro atoms. The average molecular weight is 1120 g/mol. The first-order valence-electron chi connectivity index (χ1n) is 26.6. The number of pyridine rings is 2. The Hall–Kier alpha value is -7.40. The summed E-state index contributed by atoms with van der Waals surface area (Å²) in [6, 6.07) is 52.3. The maximum Gasteiger partial charge on any atom is 0.269 e. The van der Waals surface area contributed by atoms with Crippen LogP contribution in [-0.2, 0) is 37.3 Å². The number of ether oxygens (including phenoxy) is 1. The molecule has 0 N–H and O–H groups in total. The number of hydrogen-bond acceptors (Lipinski definition) is 3. The zero-order valence-corrected chi connectivity index (χ0v) is 44.2. The van der Waals surface area contributed by atoms with Crippen molar-refractivity contribution in [2.75, 3.05) is 0 Å². The summed E-state index contributed by atoms with van der Waals surface area (Å²) in [7, 11) is 0. The van der Waals surface area contributed by atoms with Crippen LogP contribution in [0.15, 0.2) is 182 Å². The normalized spacial score (nSPS) is 13.1. The van der Waals surface area contributed by atoms with Gasteiger partial charge >= 0.3 is 0 Å². The molecule has 0 fully saturated rings. The van der Waals surface area contributed by atoms with Crippen LogP contribution in [0.5, 0.6) is 11.5 Å². The molecule has 11 aromatic rings. The van der Waals surface area contributed by atoms with Gasteiger partial charge in [0.2, 0.25) is 0 Å². The van der Waals surface area contributed by atoms with Gasteiger partial charge < -0.3 is 9.30 Å². The van der Waals surface area contributed by atoms with Crippen molar-refractivity contribution in [1.82, 2.24) is 19.1 Å². The molecule has 0 amide bonds. The van der Waals surface area contributed by atoms with E-state index in [0.717, 1.165) is 77.6 Å². The molecule has 11 rings (SSSR count). The molecule has 0 atom stereocenters. The number of fused-ring (bicyclic) bond motifs is 4. The minimum atomic E-state index is -0.455. The van der Waals surface area contributed by atoms with Crippen LogP contribution in [0.3, 0.4) is 0 Å². The number of benzene rings is 7. The van der Waals surface area contributed by atoms with Crippen LogP contribution in [0.1, 0.15) is 85.9 Å². The zero-order valence-electron chi connectivity index (χ0n) is 46.9. The molecule has 0 unspecified atom stereocenters. The van der Waals surface area contributed by atoms with Gasteiger partial charge in [-0.05, 0) is 95.7 Å². The first kappa shape index (κ1) is 42.3. The molecule has 360 valence electrons. The Balaban J connectivity index is 0.00000672. The molecule has 0 aliphatic rings. The number of para-hydroxylation sites is 3. The molecule has 0 radical (unpaired) electrons. The molecular formula is C65H57N5OPt-2. The first-order valence-corrected chi connectivity index (χ1v) is 24.1. The predicted octanol–water partition coefficient (Wildman–Crippen LogP) is 15.9. The summed E-state index contributed by atoms with van der Waals surface area (Å²) in [5.41, 5.74) is 11.3. The number of hydrogen-bond donors (Lipinski definition) is 0. The van der Waals surface area contributed by atoms with E-state index in [1.807, 2.05) is 69.9 Å². The van der Waals surface area contributed by atoms with Gasteiger partial charge in [-0.3, -0.25) is 14.1 Å². The molecule has 0 saturated heterocycles. The van der Waals surface area contributed by atoms with Crippen LogP contribution in [0.4, 0.5) is 0 Å². The molecule has 6 nitrogen and oxygen atoms in total. The van der Waals surface area contributed by atoms with Gasteiger partial charge in [-0.15, -0.1) is 17.5 Å². The quantitative estimate of drug-likeness (QED) is 0.113. The Morgan fingerprint density at radius 3 is 1.92 bits per heavy atom. The van der Waals surface area contributed by atoms with Crippen LogP contribution < -0.4 is 9.30 Å². The molecule has 0 bridgehead atoms. The second-order valence-electron chi connectivity index (χ2n) is 21.3. The van der Waals surface area contributed by atoms with Crippen LogP contribution in [0.25, 0.3) is 83.5 Å². The molecule has 0 aliphatic heterocycles. The topological polar surface area (TPSA) is 48.8 Å².